The Morgan fingerprint density at radius 3 is 2.36 bits per heavy atom. The monoisotopic (exact) mass is 355 g/mol. The van der Waals surface area contributed by atoms with E-state index in [0.717, 1.165) is 17.3 Å². The number of ketones is 1. The third kappa shape index (κ3) is 3.44. The highest BCUT2D eigenvalue weighted by Gasteiger charge is 2.36. The van der Waals surface area contributed by atoms with E-state index in [4.69, 9.17) is 4.42 Å². The van der Waals surface area contributed by atoms with Crippen LogP contribution in [-0.4, -0.2) is 27.9 Å². The molecule has 0 spiro atoms. The average Bonchev–Trinajstić information content (AvgIpc) is 3.12. The highest BCUT2D eigenvalue weighted by Crippen LogP contribution is 2.34. The molecular weight excluding hydrogens is 338 g/mol. The highest BCUT2D eigenvalue weighted by atomic mass is 32.2. The summed E-state index contributed by atoms with van der Waals surface area (Å²) in [5.41, 5.74) is 1.47. The summed E-state index contributed by atoms with van der Waals surface area (Å²) in [6.07, 6.45) is 1.58. The lowest BCUT2D eigenvalue weighted by Crippen LogP contribution is -2.34. The Kier molecular flexibility index (Phi) is 4.63. The normalized spacial score (nSPS) is 16.3. The number of imide groups is 1. The van der Waals surface area contributed by atoms with E-state index < -0.39 is 0 Å². The lowest BCUT2D eigenvalue weighted by Gasteiger charge is -2.16. The first-order valence-corrected chi connectivity index (χ1v) is 8.66. The van der Waals surface area contributed by atoms with Crippen molar-refractivity contribution in [3.05, 3.63) is 52.6 Å². The van der Waals surface area contributed by atoms with Gasteiger partial charge >= 0.3 is 0 Å². The molecule has 0 bridgehead atoms. The van der Waals surface area contributed by atoms with Gasteiger partial charge in [0, 0.05) is 23.2 Å². The number of furan rings is 1. The molecule has 1 aromatic carbocycles. The lowest BCUT2D eigenvalue weighted by molar-refractivity contribution is -0.123. The van der Waals surface area contributed by atoms with Gasteiger partial charge in [0.25, 0.3) is 11.1 Å². The molecule has 5 nitrogen and oxygen atoms in total. The van der Waals surface area contributed by atoms with E-state index in [1.165, 1.54) is 11.8 Å². The Morgan fingerprint density at radius 2 is 1.80 bits per heavy atom. The number of Topliss-reactive ketones (excluding diaryl/α,β-unsaturated/α-hetero) is 1. The van der Waals surface area contributed by atoms with Crippen molar-refractivity contribution in [2.75, 3.05) is 0 Å². The molecule has 1 aromatic heterocycles. The zero-order valence-electron chi connectivity index (χ0n) is 14.1. The first-order valence-electron chi connectivity index (χ1n) is 7.85. The van der Waals surface area contributed by atoms with E-state index in [-0.39, 0.29) is 23.0 Å². The number of carbonyl (C=O) groups excluding carboxylic acids is 3. The molecule has 2 heterocycles. The van der Waals surface area contributed by atoms with E-state index in [0.29, 0.717) is 22.0 Å². The fraction of sp³-hybridized carbons (Fsp3) is 0.211. The van der Waals surface area contributed by atoms with Gasteiger partial charge in [0.2, 0.25) is 0 Å². The molecule has 128 valence electrons. The van der Waals surface area contributed by atoms with Gasteiger partial charge in [-0.25, -0.2) is 0 Å². The molecule has 2 aromatic rings. The molecule has 6 heteroatoms. The number of hydrogen-bond acceptors (Lipinski definition) is 5. The molecule has 0 unspecified atom stereocenters. The number of benzene rings is 1. The second-order valence-corrected chi connectivity index (χ2v) is 6.97. The molecular formula is C19H17NO4S. The Balaban J connectivity index is 1.83. The van der Waals surface area contributed by atoms with E-state index in [2.05, 4.69) is 0 Å². The molecule has 1 fully saturated rings. The third-order valence-electron chi connectivity index (χ3n) is 3.82. The Labute approximate surface area is 149 Å². The maximum Gasteiger partial charge on any atom is 0.293 e. The fourth-order valence-corrected chi connectivity index (χ4v) is 3.45. The van der Waals surface area contributed by atoms with E-state index in [1.54, 1.807) is 44.2 Å². The Morgan fingerprint density at radius 1 is 1.12 bits per heavy atom. The number of amides is 2. The van der Waals surface area contributed by atoms with Gasteiger partial charge in [-0.1, -0.05) is 24.3 Å². The van der Waals surface area contributed by atoms with Crippen LogP contribution in [0.5, 0.6) is 0 Å². The van der Waals surface area contributed by atoms with Crippen molar-refractivity contribution in [2.24, 2.45) is 0 Å². The predicted octanol–water partition coefficient (Wildman–Crippen LogP) is 4.59. The average molecular weight is 355 g/mol. The van der Waals surface area contributed by atoms with Crippen LogP contribution in [0.4, 0.5) is 4.79 Å². The molecule has 25 heavy (non-hydrogen) atoms. The summed E-state index contributed by atoms with van der Waals surface area (Å²) >= 11 is 0.916. The number of hydrogen-bond donors (Lipinski definition) is 0. The first kappa shape index (κ1) is 17.2. The zero-order chi connectivity index (χ0) is 18.1. The van der Waals surface area contributed by atoms with Crippen molar-refractivity contribution in [1.82, 2.24) is 4.90 Å². The van der Waals surface area contributed by atoms with Gasteiger partial charge in [0.05, 0.1) is 4.91 Å². The first-order chi connectivity index (χ1) is 11.9. The van der Waals surface area contributed by atoms with Crippen LogP contribution < -0.4 is 0 Å². The van der Waals surface area contributed by atoms with Gasteiger partial charge in [-0.05, 0) is 44.7 Å². The Hall–Kier alpha value is -2.60. The van der Waals surface area contributed by atoms with Crippen LogP contribution in [0.25, 0.3) is 17.4 Å². The summed E-state index contributed by atoms with van der Waals surface area (Å²) in [6.45, 7) is 5.12. The summed E-state index contributed by atoms with van der Waals surface area (Å²) in [4.78, 5) is 37.1. The Bertz CT molecular complexity index is 877. The van der Waals surface area contributed by atoms with Gasteiger partial charge in [0.15, 0.2) is 5.78 Å². The van der Waals surface area contributed by atoms with E-state index in [1.807, 2.05) is 12.1 Å². The number of thioether (sulfide) groups is 1. The maximum absolute atomic E-state index is 12.3. The largest absolute Gasteiger partial charge is 0.457 e. The van der Waals surface area contributed by atoms with Crippen LogP contribution in [0.3, 0.4) is 0 Å². The smallest absolute Gasteiger partial charge is 0.293 e. The molecule has 1 saturated heterocycles. The summed E-state index contributed by atoms with van der Waals surface area (Å²) in [6, 6.07) is 10.5. The minimum absolute atomic E-state index is 0.00700. The quantitative estimate of drug-likeness (QED) is 0.592. The summed E-state index contributed by atoms with van der Waals surface area (Å²) in [5.74, 6) is 0.839. The van der Waals surface area contributed by atoms with Crippen LogP contribution in [0.1, 0.15) is 36.9 Å². The van der Waals surface area contributed by atoms with E-state index in [9.17, 15) is 14.4 Å². The van der Waals surface area contributed by atoms with E-state index >= 15 is 0 Å². The second-order valence-electron chi connectivity index (χ2n) is 5.98. The van der Waals surface area contributed by atoms with Crippen molar-refractivity contribution in [2.45, 2.75) is 26.8 Å². The van der Waals surface area contributed by atoms with Crippen LogP contribution >= 0.6 is 11.8 Å². The van der Waals surface area contributed by atoms with Gasteiger partial charge in [-0.2, -0.15) is 0 Å². The molecule has 0 radical (unpaired) electrons. The minimum Gasteiger partial charge on any atom is -0.457 e. The topological polar surface area (TPSA) is 67.6 Å². The molecule has 0 atom stereocenters. The maximum atomic E-state index is 12.3. The second kappa shape index (κ2) is 6.72. The van der Waals surface area contributed by atoms with Gasteiger partial charge in [0.1, 0.15) is 11.5 Å². The van der Waals surface area contributed by atoms with Crippen LogP contribution in [0.2, 0.25) is 0 Å². The standard InChI is InChI=1S/C19H17NO4S/c1-11(2)20-18(22)17(25-19(20)23)10-15-8-9-16(24-15)14-6-4-13(5-7-14)12(3)21/h4-11H,1-3H3/b17-10+. The van der Waals surface area contributed by atoms with Crippen LogP contribution in [-0.2, 0) is 4.79 Å². The van der Waals surface area contributed by atoms with Crippen molar-refractivity contribution in [1.29, 1.82) is 0 Å². The van der Waals surface area contributed by atoms with Crippen LogP contribution in [0, 0.1) is 0 Å². The van der Waals surface area contributed by atoms with Gasteiger partial charge in [-0.15, -0.1) is 0 Å². The summed E-state index contributed by atoms with van der Waals surface area (Å²) < 4.78 is 5.75. The van der Waals surface area contributed by atoms with Crippen molar-refractivity contribution in [3.8, 4) is 11.3 Å². The number of carbonyl (C=O) groups is 3. The molecule has 1 aliphatic rings. The summed E-state index contributed by atoms with van der Waals surface area (Å²) in [5, 5.41) is -0.266. The fourth-order valence-electron chi connectivity index (χ4n) is 2.51. The molecule has 2 amide bonds. The molecule has 0 N–H and O–H groups in total. The predicted molar refractivity (Wildman–Crippen MR) is 97.1 cm³/mol. The third-order valence-corrected chi connectivity index (χ3v) is 4.70. The van der Waals surface area contributed by atoms with Crippen molar-refractivity contribution < 1.29 is 18.8 Å². The van der Waals surface area contributed by atoms with Crippen molar-refractivity contribution >= 4 is 34.8 Å². The molecule has 3 rings (SSSR count). The molecule has 0 aliphatic carbocycles. The van der Waals surface area contributed by atoms with Crippen molar-refractivity contribution in [3.63, 3.8) is 0 Å². The number of nitrogens with zero attached hydrogens (tertiary/aromatic N) is 1. The van der Waals surface area contributed by atoms with Gasteiger partial charge < -0.3 is 4.42 Å². The van der Waals surface area contributed by atoms with Crippen LogP contribution in [0.15, 0.2) is 45.7 Å². The minimum atomic E-state index is -0.297. The zero-order valence-corrected chi connectivity index (χ0v) is 14.9. The highest BCUT2D eigenvalue weighted by molar-refractivity contribution is 8.18. The summed E-state index contributed by atoms with van der Waals surface area (Å²) in [7, 11) is 0. The van der Waals surface area contributed by atoms with Gasteiger partial charge in [-0.3, -0.25) is 19.3 Å². The lowest BCUT2D eigenvalue weighted by atomic mass is 10.1. The molecule has 0 saturated carbocycles. The number of rotatable bonds is 4. The SMILES string of the molecule is CC(=O)c1ccc(-c2ccc(/C=C3/SC(=O)N(C(C)C)C3=O)o2)cc1. The molecule has 1 aliphatic heterocycles.